The largest absolute Gasteiger partial charge is 0.543 e. The SMILES string of the molecule is CC(=O)N/C(=C\c1ccc2ccccc2c1)C(=O)[O-]. The fraction of sp³-hybridized carbons (Fsp3) is 0.0667. The van der Waals surface area contributed by atoms with Gasteiger partial charge in [0.2, 0.25) is 5.91 Å². The monoisotopic (exact) mass is 254 g/mol. The van der Waals surface area contributed by atoms with E-state index in [4.69, 9.17) is 0 Å². The van der Waals surface area contributed by atoms with Crippen LogP contribution in [0.4, 0.5) is 0 Å². The molecule has 2 aromatic carbocycles. The van der Waals surface area contributed by atoms with Crippen molar-refractivity contribution in [1.82, 2.24) is 5.32 Å². The van der Waals surface area contributed by atoms with Gasteiger partial charge in [-0.05, 0) is 28.5 Å². The molecule has 0 aliphatic carbocycles. The van der Waals surface area contributed by atoms with Gasteiger partial charge in [0, 0.05) is 6.92 Å². The van der Waals surface area contributed by atoms with Gasteiger partial charge >= 0.3 is 0 Å². The van der Waals surface area contributed by atoms with E-state index in [0.717, 1.165) is 10.8 Å². The van der Waals surface area contributed by atoms with Crippen molar-refractivity contribution < 1.29 is 14.7 Å². The molecule has 4 nitrogen and oxygen atoms in total. The number of carboxylic acids is 1. The molecule has 0 aromatic heterocycles. The molecule has 1 amide bonds. The third kappa shape index (κ3) is 3.19. The van der Waals surface area contributed by atoms with Crippen LogP contribution in [0.15, 0.2) is 48.2 Å². The quantitative estimate of drug-likeness (QED) is 0.833. The minimum absolute atomic E-state index is 0.247. The second kappa shape index (κ2) is 5.35. The molecule has 2 rings (SSSR count). The van der Waals surface area contributed by atoms with Crippen molar-refractivity contribution in [1.29, 1.82) is 0 Å². The number of hydrogen-bond donors (Lipinski definition) is 1. The van der Waals surface area contributed by atoms with Gasteiger partial charge in [-0.15, -0.1) is 0 Å². The molecule has 2 aromatic rings. The summed E-state index contributed by atoms with van der Waals surface area (Å²) >= 11 is 0. The molecule has 4 heteroatoms. The molecule has 0 unspecified atom stereocenters. The van der Waals surface area contributed by atoms with Crippen LogP contribution in [0.1, 0.15) is 12.5 Å². The maximum Gasteiger partial charge on any atom is 0.221 e. The minimum Gasteiger partial charge on any atom is -0.543 e. The molecule has 0 fully saturated rings. The fourth-order valence-corrected chi connectivity index (χ4v) is 1.80. The second-order valence-corrected chi connectivity index (χ2v) is 4.13. The lowest BCUT2D eigenvalue weighted by Crippen LogP contribution is -2.34. The Bertz CT molecular complexity index is 674. The van der Waals surface area contributed by atoms with Crippen LogP contribution in [0.25, 0.3) is 16.8 Å². The van der Waals surface area contributed by atoms with Crippen LogP contribution in [-0.2, 0) is 9.59 Å². The van der Waals surface area contributed by atoms with Crippen LogP contribution in [-0.4, -0.2) is 11.9 Å². The highest BCUT2D eigenvalue weighted by Crippen LogP contribution is 2.17. The average molecular weight is 254 g/mol. The summed E-state index contributed by atoms with van der Waals surface area (Å²) in [6.45, 7) is 1.25. The second-order valence-electron chi connectivity index (χ2n) is 4.13. The summed E-state index contributed by atoms with van der Waals surface area (Å²) < 4.78 is 0. The van der Waals surface area contributed by atoms with E-state index in [2.05, 4.69) is 5.32 Å². The van der Waals surface area contributed by atoms with E-state index in [1.54, 1.807) is 6.07 Å². The summed E-state index contributed by atoms with van der Waals surface area (Å²) in [7, 11) is 0. The van der Waals surface area contributed by atoms with E-state index >= 15 is 0 Å². The van der Waals surface area contributed by atoms with Crippen molar-refractivity contribution >= 4 is 28.7 Å². The topological polar surface area (TPSA) is 69.2 Å². The Balaban J connectivity index is 2.42. The lowest BCUT2D eigenvalue weighted by molar-refractivity contribution is -0.299. The minimum atomic E-state index is -1.41. The predicted molar refractivity (Wildman–Crippen MR) is 70.7 cm³/mol. The number of carbonyl (C=O) groups is 2. The van der Waals surface area contributed by atoms with Crippen LogP contribution in [0, 0.1) is 0 Å². The highest BCUT2D eigenvalue weighted by atomic mass is 16.4. The van der Waals surface area contributed by atoms with Gasteiger partial charge in [-0.25, -0.2) is 0 Å². The van der Waals surface area contributed by atoms with Crippen LogP contribution >= 0.6 is 0 Å². The zero-order valence-electron chi connectivity index (χ0n) is 10.3. The molecule has 0 aliphatic heterocycles. The normalized spacial score (nSPS) is 11.3. The van der Waals surface area contributed by atoms with E-state index < -0.39 is 11.9 Å². The van der Waals surface area contributed by atoms with Gasteiger partial charge in [-0.1, -0.05) is 36.4 Å². The number of carbonyl (C=O) groups excluding carboxylic acids is 2. The molecule has 0 saturated carbocycles. The Hall–Kier alpha value is -2.62. The Labute approximate surface area is 110 Å². The van der Waals surface area contributed by atoms with Gasteiger partial charge in [0.1, 0.15) is 0 Å². The maximum atomic E-state index is 10.9. The zero-order chi connectivity index (χ0) is 13.8. The standard InChI is InChI=1S/C15H13NO3/c1-10(17)16-14(15(18)19)9-11-6-7-12-4-2-3-5-13(12)8-11/h2-9H,1H3,(H,16,17)(H,18,19)/p-1/b14-9-. The molecule has 0 heterocycles. The molecular weight excluding hydrogens is 242 g/mol. The van der Waals surface area contributed by atoms with Crippen molar-refractivity contribution in [3.8, 4) is 0 Å². The number of nitrogens with one attached hydrogen (secondary N) is 1. The van der Waals surface area contributed by atoms with Gasteiger partial charge in [0.25, 0.3) is 0 Å². The number of benzene rings is 2. The summed E-state index contributed by atoms with van der Waals surface area (Å²) in [5.41, 5.74) is 0.439. The molecular formula is C15H12NO3-. The van der Waals surface area contributed by atoms with E-state index in [1.807, 2.05) is 36.4 Å². The third-order valence-corrected chi connectivity index (χ3v) is 2.62. The predicted octanol–water partition coefficient (Wildman–Crippen LogP) is 1.07. The van der Waals surface area contributed by atoms with Gasteiger partial charge < -0.3 is 15.2 Å². The molecule has 1 N–H and O–H groups in total. The van der Waals surface area contributed by atoms with Crippen molar-refractivity contribution in [2.45, 2.75) is 6.92 Å². The van der Waals surface area contributed by atoms with Crippen LogP contribution in [0.2, 0.25) is 0 Å². The van der Waals surface area contributed by atoms with Crippen molar-refractivity contribution in [2.24, 2.45) is 0 Å². The Kier molecular flexibility index (Phi) is 3.61. The Morgan fingerprint density at radius 1 is 1.11 bits per heavy atom. The molecule has 96 valence electrons. The molecule has 0 spiro atoms. The van der Waals surface area contributed by atoms with Gasteiger partial charge in [0.15, 0.2) is 0 Å². The van der Waals surface area contributed by atoms with Crippen molar-refractivity contribution in [3.05, 3.63) is 53.7 Å². The van der Waals surface area contributed by atoms with E-state index in [1.165, 1.54) is 13.0 Å². The number of aliphatic carboxylic acids is 1. The third-order valence-electron chi connectivity index (χ3n) is 2.62. The fourth-order valence-electron chi connectivity index (χ4n) is 1.80. The number of fused-ring (bicyclic) bond motifs is 1. The lowest BCUT2D eigenvalue weighted by Gasteiger charge is -2.09. The van der Waals surface area contributed by atoms with Gasteiger partial charge in [-0.3, -0.25) is 4.79 Å². The highest BCUT2D eigenvalue weighted by molar-refractivity contribution is 5.96. The summed E-state index contributed by atoms with van der Waals surface area (Å²) in [6.07, 6.45) is 1.38. The van der Waals surface area contributed by atoms with Crippen molar-refractivity contribution in [3.63, 3.8) is 0 Å². The lowest BCUT2D eigenvalue weighted by atomic mass is 10.1. The maximum absolute atomic E-state index is 10.9. The summed E-state index contributed by atoms with van der Waals surface area (Å²) in [5.74, 6) is -1.86. The van der Waals surface area contributed by atoms with Gasteiger partial charge in [0.05, 0.1) is 11.7 Å². The molecule has 0 aliphatic rings. The molecule has 0 bridgehead atoms. The summed E-state index contributed by atoms with van der Waals surface area (Å²) in [5, 5.41) is 15.2. The number of amides is 1. The van der Waals surface area contributed by atoms with Gasteiger partial charge in [-0.2, -0.15) is 0 Å². The first kappa shape index (κ1) is 12.8. The molecule has 0 atom stereocenters. The number of hydrogen-bond acceptors (Lipinski definition) is 3. The molecule has 19 heavy (non-hydrogen) atoms. The number of rotatable bonds is 3. The first-order valence-electron chi connectivity index (χ1n) is 5.76. The van der Waals surface area contributed by atoms with Crippen LogP contribution < -0.4 is 10.4 Å². The Morgan fingerprint density at radius 3 is 2.42 bits per heavy atom. The highest BCUT2D eigenvalue weighted by Gasteiger charge is 2.02. The molecule has 0 radical (unpaired) electrons. The zero-order valence-corrected chi connectivity index (χ0v) is 10.3. The average Bonchev–Trinajstić information content (AvgIpc) is 2.37. The number of carboxylic acid groups (broad SMARTS) is 1. The van der Waals surface area contributed by atoms with E-state index in [9.17, 15) is 14.7 Å². The summed E-state index contributed by atoms with van der Waals surface area (Å²) in [4.78, 5) is 21.8. The van der Waals surface area contributed by atoms with E-state index in [0.29, 0.717) is 5.56 Å². The molecule has 0 saturated heterocycles. The smallest absolute Gasteiger partial charge is 0.221 e. The van der Waals surface area contributed by atoms with Crippen LogP contribution in [0.5, 0.6) is 0 Å². The van der Waals surface area contributed by atoms with E-state index in [-0.39, 0.29) is 5.70 Å². The van der Waals surface area contributed by atoms with Crippen LogP contribution in [0.3, 0.4) is 0 Å². The Morgan fingerprint density at radius 2 is 1.79 bits per heavy atom. The summed E-state index contributed by atoms with van der Waals surface area (Å²) in [6, 6.07) is 13.3. The first-order chi connectivity index (χ1) is 9.06. The first-order valence-corrected chi connectivity index (χ1v) is 5.76. The van der Waals surface area contributed by atoms with Crippen molar-refractivity contribution in [2.75, 3.05) is 0 Å².